The maximum atomic E-state index is 13.9. The fourth-order valence-electron chi connectivity index (χ4n) is 6.33. The molecule has 0 bridgehead atoms. The monoisotopic (exact) mass is 483 g/mol. The minimum absolute atomic E-state index is 0.284. The Kier molecular flexibility index (Phi) is 7.39. The molecule has 8 heteroatoms. The summed E-state index contributed by atoms with van der Waals surface area (Å²) in [6.45, 7) is 4.93. The van der Waals surface area contributed by atoms with Crippen molar-refractivity contribution in [3.05, 3.63) is 52.9 Å². The van der Waals surface area contributed by atoms with Gasteiger partial charge >= 0.3 is 6.09 Å². The average molecular weight is 484 g/mol. The van der Waals surface area contributed by atoms with Gasteiger partial charge < -0.3 is 19.9 Å². The van der Waals surface area contributed by atoms with Crippen molar-refractivity contribution < 1.29 is 13.9 Å². The fourth-order valence-corrected chi connectivity index (χ4v) is 6.33. The maximum absolute atomic E-state index is 13.9. The summed E-state index contributed by atoms with van der Waals surface area (Å²) in [7, 11) is 1.37. The van der Waals surface area contributed by atoms with Gasteiger partial charge in [0.1, 0.15) is 11.6 Å². The Morgan fingerprint density at radius 2 is 2.17 bits per heavy atom. The van der Waals surface area contributed by atoms with Gasteiger partial charge in [0.2, 0.25) is 0 Å². The second kappa shape index (κ2) is 10.7. The summed E-state index contributed by atoms with van der Waals surface area (Å²) in [4.78, 5) is 19.6. The van der Waals surface area contributed by atoms with Crippen molar-refractivity contribution in [3.63, 3.8) is 0 Å². The van der Waals surface area contributed by atoms with Crippen LogP contribution in [-0.4, -0.2) is 52.8 Å². The first-order valence-electron chi connectivity index (χ1n) is 13.2. The fraction of sp³-hybridized carbons (Fsp3) is 0.630. The van der Waals surface area contributed by atoms with E-state index < -0.39 is 6.09 Å². The summed E-state index contributed by atoms with van der Waals surface area (Å²) in [5, 5.41) is 6.38. The van der Waals surface area contributed by atoms with Gasteiger partial charge in [-0.2, -0.15) is 0 Å². The zero-order valence-electron chi connectivity index (χ0n) is 20.9. The van der Waals surface area contributed by atoms with Crippen LogP contribution in [0, 0.1) is 12.7 Å². The molecule has 1 amide bonds. The highest BCUT2D eigenvalue weighted by Gasteiger charge is 2.37. The first-order valence-corrected chi connectivity index (χ1v) is 13.2. The molecule has 2 unspecified atom stereocenters. The first kappa shape index (κ1) is 24.3. The molecule has 5 rings (SSSR count). The lowest BCUT2D eigenvalue weighted by atomic mass is 9.89. The summed E-state index contributed by atoms with van der Waals surface area (Å²) in [5.74, 6) is 0.857. The van der Waals surface area contributed by atoms with E-state index in [2.05, 4.69) is 27.0 Å². The van der Waals surface area contributed by atoms with Crippen molar-refractivity contribution in [3.8, 4) is 0 Å². The number of imidazole rings is 1. The molecule has 2 fully saturated rings. The van der Waals surface area contributed by atoms with Crippen LogP contribution in [0.15, 0.2) is 24.3 Å². The molecule has 1 aliphatic heterocycles. The van der Waals surface area contributed by atoms with Gasteiger partial charge in [-0.15, -0.1) is 0 Å². The molecule has 1 aromatic heterocycles. The van der Waals surface area contributed by atoms with Crippen LogP contribution in [0.25, 0.3) is 0 Å². The number of rotatable bonds is 8. The van der Waals surface area contributed by atoms with E-state index in [0.717, 1.165) is 50.3 Å². The normalized spacial score (nSPS) is 23.1. The predicted molar refractivity (Wildman–Crippen MR) is 133 cm³/mol. The Balaban J connectivity index is 1.30. The number of hydrogen-bond acceptors (Lipinski definition) is 5. The van der Waals surface area contributed by atoms with Crippen LogP contribution >= 0.6 is 0 Å². The molecule has 35 heavy (non-hydrogen) atoms. The van der Waals surface area contributed by atoms with Crippen LogP contribution in [0.1, 0.15) is 79.8 Å². The number of nitrogens with one attached hydrogen (secondary N) is 2. The second-order valence-corrected chi connectivity index (χ2v) is 10.3. The molecule has 2 aromatic rings. The Bertz CT molecular complexity index is 1040. The zero-order valence-corrected chi connectivity index (χ0v) is 20.9. The van der Waals surface area contributed by atoms with Gasteiger partial charge in [-0.05, 0) is 63.1 Å². The van der Waals surface area contributed by atoms with Crippen molar-refractivity contribution in [1.82, 2.24) is 25.1 Å². The van der Waals surface area contributed by atoms with Crippen LogP contribution in [0.4, 0.5) is 9.18 Å². The number of ether oxygens (including phenoxy) is 1. The van der Waals surface area contributed by atoms with Crippen LogP contribution in [0.5, 0.6) is 0 Å². The van der Waals surface area contributed by atoms with Gasteiger partial charge in [0.15, 0.2) is 0 Å². The Hall–Kier alpha value is -2.45. The van der Waals surface area contributed by atoms with Crippen molar-refractivity contribution in [2.45, 2.75) is 89.0 Å². The van der Waals surface area contributed by atoms with Gasteiger partial charge in [0.25, 0.3) is 0 Å². The third-order valence-electron chi connectivity index (χ3n) is 8.26. The van der Waals surface area contributed by atoms with E-state index in [-0.39, 0.29) is 11.9 Å². The number of carbonyl (C=O) groups excluding carboxylic acids is 1. The molecule has 0 saturated heterocycles. The number of aromatic nitrogens is 2. The van der Waals surface area contributed by atoms with Crippen LogP contribution in [-0.2, 0) is 17.7 Å². The van der Waals surface area contributed by atoms with Crippen LogP contribution in [0.3, 0.4) is 0 Å². The molecule has 3 aliphatic rings. The molecule has 0 radical (unpaired) electrons. The van der Waals surface area contributed by atoms with E-state index in [1.807, 2.05) is 6.07 Å². The highest BCUT2D eigenvalue weighted by atomic mass is 19.1. The third kappa shape index (κ3) is 5.23. The largest absolute Gasteiger partial charge is 0.453 e. The van der Waals surface area contributed by atoms with Crippen molar-refractivity contribution in [2.75, 3.05) is 20.2 Å². The number of alkyl carbamates (subject to hydrolysis) is 1. The van der Waals surface area contributed by atoms with E-state index in [9.17, 15) is 9.18 Å². The summed E-state index contributed by atoms with van der Waals surface area (Å²) in [5.41, 5.74) is 3.43. The lowest BCUT2D eigenvalue weighted by Gasteiger charge is -2.42. The molecular weight excluding hydrogens is 445 g/mol. The minimum atomic E-state index is -0.481. The van der Waals surface area contributed by atoms with Gasteiger partial charge in [-0.3, -0.25) is 4.90 Å². The van der Waals surface area contributed by atoms with E-state index >= 15 is 0 Å². The smallest absolute Gasteiger partial charge is 0.407 e. The molecule has 2 saturated carbocycles. The number of halogens is 1. The van der Waals surface area contributed by atoms with E-state index in [1.165, 1.54) is 62.7 Å². The maximum Gasteiger partial charge on any atom is 0.407 e. The number of benzene rings is 1. The average Bonchev–Trinajstić information content (AvgIpc) is 3.42. The highest BCUT2D eigenvalue weighted by Crippen LogP contribution is 2.39. The van der Waals surface area contributed by atoms with E-state index in [0.29, 0.717) is 18.1 Å². The Labute approximate surface area is 207 Å². The number of nitrogens with zero attached hydrogens (tertiary/aromatic N) is 3. The quantitative estimate of drug-likeness (QED) is 0.582. The van der Waals surface area contributed by atoms with Crippen molar-refractivity contribution in [1.29, 1.82) is 0 Å². The first-order chi connectivity index (χ1) is 17.0. The molecule has 3 atom stereocenters. The summed E-state index contributed by atoms with van der Waals surface area (Å²) in [6, 6.07) is 7.87. The number of aryl methyl sites for hydroxylation is 1. The standard InChI is InChI=1S/C27H38FN5O2/c1-18-30-25-17-29-13-11-26(25)33(18)23-10-9-22(16-23)32(21-7-4-8-21)14-12-24(31-27(34)35-2)19-5-3-6-20(28)15-19/h3,5-6,15,21-24,29H,4,7-14,16-17H2,1-2H3,(H,31,34)/t22?,23?,24-/m0/s1. The Morgan fingerprint density at radius 3 is 2.91 bits per heavy atom. The predicted octanol–water partition coefficient (Wildman–Crippen LogP) is 4.41. The molecule has 1 aromatic carbocycles. The molecule has 2 N–H and O–H groups in total. The number of methoxy groups -OCH3 is 1. The van der Waals surface area contributed by atoms with Gasteiger partial charge in [-0.1, -0.05) is 18.6 Å². The van der Waals surface area contributed by atoms with Crippen LogP contribution in [0.2, 0.25) is 0 Å². The Morgan fingerprint density at radius 1 is 1.31 bits per heavy atom. The number of hydrogen-bond donors (Lipinski definition) is 2. The van der Waals surface area contributed by atoms with E-state index in [4.69, 9.17) is 9.72 Å². The number of fused-ring (bicyclic) bond motifs is 1. The number of amides is 1. The molecule has 7 nitrogen and oxygen atoms in total. The van der Waals surface area contributed by atoms with Gasteiger partial charge in [0, 0.05) is 49.9 Å². The summed E-state index contributed by atoms with van der Waals surface area (Å²) >= 11 is 0. The minimum Gasteiger partial charge on any atom is -0.453 e. The molecule has 2 heterocycles. The highest BCUT2D eigenvalue weighted by molar-refractivity contribution is 5.67. The lowest BCUT2D eigenvalue weighted by molar-refractivity contribution is 0.0745. The molecule has 0 spiro atoms. The summed E-state index contributed by atoms with van der Waals surface area (Å²) < 4.78 is 21.3. The van der Waals surface area contributed by atoms with Gasteiger partial charge in [0.05, 0.1) is 18.8 Å². The van der Waals surface area contributed by atoms with Gasteiger partial charge in [-0.25, -0.2) is 14.2 Å². The van der Waals surface area contributed by atoms with Crippen LogP contribution < -0.4 is 10.6 Å². The molecule has 2 aliphatic carbocycles. The van der Waals surface area contributed by atoms with E-state index in [1.54, 1.807) is 6.07 Å². The zero-order chi connectivity index (χ0) is 24.4. The lowest BCUT2D eigenvalue weighted by Crippen LogP contribution is -2.47. The summed E-state index contributed by atoms with van der Waals surface area (Å²) in [6.07, 6.45) is 8.56. The molecule has 190 valence electrons. The molecular formula is C27H38FN5O2. The number of carbonyl (C=O) groups is 1. The van der Waals surface area contributed by atoms with Crippen molar-refractivity contribution in [2.24, 2.45) is 0 Å². The topological polar surface area (TPSA) is 71.4 Å². The third-order valence-corrected chi connectivity index (χ3v) is 8.26. The second-order valence-electron chi connectivity index (χ2n) is 10.3. The van der Waals surface area contributed by atoms with Crippen molar-refractivity contribution >= 4 is 6.09 Å². The SMILES string of the molecule is COC(=O)N[C@@H](CCN(C1CCC1)C1CCC(n2c(C)nc3c2CCNC3)C1)c1cccc(F)c1.